The molecule has 0 fully saturated rings. The van der Waals surface area contributed by atoms with Crippen molar-refractivity contribution in [1.29, 1.82) is 5.26 Å². The molecule has 3 N–H and O–H groups in total. The van der Waals surface area contributed by atoms with Gasteiger partial charge in [-0.3, -0.25) is 10.2 Å². The highest BCUT2D eigenvalue weighted by Gasteiger charge is 2.41. The predicted octanol–water partition coefficient (Wildman–Crippen LogP) is 2.49. The molecule has 2 atom stereocenters. The zero-order valence-electron chi connectivity index (χ0n) is 13.3. The molecule has 2 aromatic carbocycles. The minimum Gasteiger partial charge on any atom is -0.368 e. The van der Waals surface area contributed by atoms with Gasteiger partial charge in [0.05, 0.1) is 23.4 Å². The Kier molecular flexibility index (Phi) is 3.47. The van der Waals surface area contributed by atoms with E-state index in [1.807, 2.05) is 60.7 Å². The summed E-state index contributed by atoms with van der Waals surface area (Å²) in [6.07, 6.45) is 0. The highest BCUT2D eigenvalue weighted by Crippen LogP contribution is 2.41. The number of rotatable bonds is 2. The molecule has 3 aromatic rings. The smallest absolute Gasteiger partial charge is 0.257 e. The first-order chi connectivity index (χ1) is 12.2. The highest BCUT2D eigenvalue weighted by atomic mass is 16.2. The number of carbonyl (C=O) groups excluding carboxylic acids is 1. The molecule has 1 aromatic heterocycles. The Bertz CT molecular complexity index is 972. The van der Waals surface area contributed by atoms with Crippen molar-refractivity contribution in [2.75, 3.05) is 11.2 Å². The lowest BCUT2D eigenvalue weighted by molar-refractivity contribution is -0.120. The van der Waals surface area contributed by atoms with Gasteiger partial charge in [0.15, 0.2) is 0 Å². The average molecular weight is 329 g/mol. The lowest BCUT2D eigenvalue weighted by Gasteiger charge is -2.29. The van der Waals surface area contributed by atoms with Crippen LogP contribution in [0.1, 0.15) is 17.2 Å². The number of nitrogens with two attached hydrogens (primary N) is 1. The van der Waals surface area contributed by atoms with Crippen molar-refractivity contribution in [2.45, 2.75) is 5.92 Å². The number of aromatic nitrogens is 2. The quantitative estimate of drug-likeness (QED) is 0.755. The number of nitriles is 1. The number of fused-ring (bicyclic) bond motifs is 1. The molecule has 25 heavy (non-hydrogen) atoms. The third-order valence-corrected chi connectivity index (χ3v) is 4.42. The zero-order chi connectivity index (χ0) is 17.4. The van der Waals surface area contributed by atoms with Crippen LogP contribution in [0.25, 0.3) is 11.3 Å². The second-order valence-corrected chi connectivity index (χ2v) is 5.88. The topological polar surface area (TPSA) is 96.7 Å². The molecule has 0 saturated carbocycles. The molecule has 0 bridgehead atoms. The van der Waals surface area contributed by atoms with E-state index in [1.54, 1.807) is 0 Å². The fourth-order valence-electron chi connectivity index (χ4n) is 3.30. The number of imidazole rings is 1. The Balaban J connectivity index is 1.99. The summed E-state index contributed by atoms with van der Waals surface area (Å²) in [7, 11) is 0. The maximum atomic E-state index is 12.4. The second-order valence-electron chi connectivity index (χ2n) is 5.88. The van der Waals surface area contributed by atoms with E-state index in [-0.39, 0.29) is 11.9 Å². The Morgan fingerprint density at radius 2 is 1.72 bits per heavy atom. The van der Waals surface area contributed by atoms with Crippen molar-refractivity contribution in [3.8, 4) is 17.3 Å². The van der Waals surface area contributed by atoms with E-state index in [1.165, 1.54) is 4.68 Å². The van der Waals surface area contributed by atoms with E-state index < -0.39 is 11.8 Å². The molecular weight excluding hydrogens is 314 g/mol. The van der Waals surface area contributed by atoms with Gasteiger partial charge in [-0.2, -0.15) is 5.26 Å². The van der Waals surface area contributed by atoms with Gasteiger partial charge in [-0.25, -0.2) is 9.66 Å². The summed E-state index contributed by atoms with van der Waals surface area (Å²) in [6.45, 7) is 0. The summed E-state index contributed by atoms with van der Waals surface area (Å²) >= 11 is 0. The van der Waals surface area contributed by atoms with Crippen LogP contribution < -0.4 is 11.2 Å². The second kappa shape index (κ2) is 5.80. The van der Waals surface area contributed by atoms with Gasteiger partial charge < -0.3 is 5.73 Å². The summed E-state index contributed by atoms with van der Waals surface area (Å²) in [5.41, 5.74) is 11.9. The van der Waals surface area contributed by atoms with Gasteiger partial charge in [-0.1, -0.05) is 60.7 Å². The summed E-state index contributed by atoms with van der Waals surface area (Å²) in [6, 6.07) is 21.3. The van der Waals surface area contributed by atoms with Gasteiger partial charge in [0, 0.05) is 5.56 Å². The van der Waals surface area contributed by atoms with Gasteiger partial charge in [0.2, 0.25) is 5.95 Å². The lowest BCUT2D eigenvalue weighted by atomic mass is 9.81. The molecule has 6 nitrogen and oxygen atoms in total. The van der Waals surface area contributed by atoms with Crippen LogP contribution in [-0.2, 0) is 4.79 Å². The Morgan fingerprint density at radius 3 is 2.36 bits per heavy atom. The predicted molar refractivity (Wildman–Crippen MR) is 93.8 cm³/mol. The van der Waals surface area contributed by atoms with E-state index in [0.717, 1.165) is 16.8 Å². The maximum Gasteiger partial charge on any atom is 0.257 e. The van der Waals surface area contributed by atoms with Crippen molar-refractivity contribution in [2.24, 2.45) is 5.92 Å². The summed E-state index contributed by atoms with van der Waals surface area (Å²) in [5.74, 6) is -1.49. The van der Waals surface area contributed by atoms with E-state index in [9.17, 15) is 10.1 Å². The molecule has 6 heteroatoms. The molecule has 2 unspecified atom stereocenters. The fraction of sp³-hybridized carbons (Fsp3) is 0.105. The molecule has 1 aliphatic rings. The molecule has 0 radical (unpaired) electrons. The highest BCUT2D eigenvalue weighted by molar-refractivity contribution is 5.92. The van der Waals surface area contributed by atoms with Crippen LogP contribution in [0, 0.1) is 17.2 Å². The maximum absolute atomic E-state index is 12.4. The number of nitrogens with zero attached hydrogens (tertiary/aromatic N) is 3. The van der Waals surface area contributed by atoms with Crippen molar-refractivity contribution < 1.29 is 4.79 Å². The third-order valence-electron chi connectivity index (χ3n) is 4.42. The Morgan fingerprint density at radius 1 is 1.08 bits per heavy atom. The van der Waals surface area contributed by atoms with E-state index >= 15 is 0 Å². The minimum atomic E-state index is -0.853. The number of nitrogens with one attached hydrogen (secondary N) is 1. The summed E-state index contributed by atoms with van der Waals surface area (Å²) in [5, 5.41) is 9.62. The fourth-order valence-corrected chi connectivity index (χ4v) is 3.30. The number of benzene rings is 2. The number of amides is 1. The van der Waals surface area contributed by atoms with Gasteiger partial charge in [0.25, 0.3) is 5.91 Å². The number of carbonyl (C=O) groups is 1. The van der Waals surface area contributed by atoms with Crippen LogP contribution in [0.15, 0.2) is 60.7 Å². The molecule has 2 heterocycles. The molecule has 1 amide bonds. The van der Waals surface area contributed by atoms with Gasteiger partial charge >= 0.3 is 0 Å². The molecular formula is C19H15N5O. The van der Waals surface area contributed by atoms with Crippen molar-refractivity contribution in [3.63, 3.8) is 0 Å². The van der Waals surface area contributed by atoms with Gasteiger partial charge in [-0.05, 0) is 5.56 Å². The van der Waals surface area contributed by atoms with E-state index in [2.05, 4.69) is 16.5 Å². The Hall–Kier alpha value is -3.59. The molecule has 4 rings (SSSR count). The summed E-state index contributed by atoms with van der Waals surface area (Å²) < 4.78 is 1.50. The van der Waals surface area contributed by atoms with Crippen molar-refractivity contribution in [1.82, 2.24) is 9.66 Å². The van der Waals surface area contributed by atoms with E-state index in [4.69, 9.17) is 5.73 Å². The Labute approximate surface area is 144 Å². The molecule has 0 spiro atoms. The SMILES string of the molecule is N#CC1C(=O)Nn2c(N)nc(-c3ccccc3)c2C1c1ccccc1. The first kappa shape index (κ1) is 15.0. The van der Waals surface area contributed by atoms with Crippen LogP contribution >= 0.6 is 0 Å². The first-order valence-electron chi connectivity index (χ1n) is 7.89. The van der Waals surface area contributed by atoms with Crippen LogP contribution in [0.2, 0.25) is 0 Å². The van der Waals surface area contributed by atoms with Crippen LogP contribution in [0.5, 0.6) is 0 Å². The number of anilines is 1. The average Bonchev–Trinajstić information content (AvgIpc) is 2.98. The zero-order valence-corrected chi connectivity index (χ0v) is 13.3. The lowest BCUT2D eigenvalue weighted by Crippen LogP contribution is -2.40. The number of nitrogen functional groups attached to an aromatic ring is 1. The number of hydrogen-bond acceptors (Lipinski definition) is 4. The molecule has 122 valence electrons. The standard InChI is InChI=1S/C19H15N5O/c20-11-14-15(12-7-3-1-4-8-12)17-16(13-9-5-2-6-10-13)22-19(21)24(17)23-18(14)25/h1-10,14-15H,(H2,21,22)(H,23,25). The van der Waals surface area contributed by atoms with Crippen LogP contribution in [0.3, 0.4) is 0 Å². The molecule has 1 aliphatic heterocycles. The van der Waals surface area contributed by atoms with Crippen LogP contribution in [0.4, 0.5) is 5.95 Å². The van der Waals surface area contributed by atoms with Gasteiger partial charge in [-0.15, -0.1) is 0 Å². The molecule has 0 aliphatic carbocycles. The third kappa shape index (κ3) is 2.34. The first-order valence-corrected chi connectivity index (χ1v) is 7.89. The van der Waals surface area contributed by atoms with E-state index in [0.29, 0.717) is 5.69 Å². The summed E-state index contributed by atoms with van der Waals surface area (Å²) in [4.78, 5) is 16.9. The minimum absolute atomic E-state index is 0.194. The normalized spacial score (nSPS) is 18.9. The largest absolute Gasteiger partial charge is 0.368 e. The number of hydrogen-bond donors (Lipinski definition) is 2. The van der Waals surface area contributed by atoms with Gasteiger partial charge in [0.1, 0.15) is 5.92 Å². The molecule has 0 saturated heterocycles. The van der Waals surface area contributed by atoms with Crippen molar-refractivity contribution >= 4 is 11.9 Å². The van der Waals surface area contributed by atoms with Crippen molar-refractivity contribution in [3.05, 3.63) is 71.9 Å². The van der Waals surface area contributed by atoms with Crippen LogP contribution in [-0.4, -0.2) is 15.6 Å². The monoisotopic (exact) mass is 329 g/mol.